The second-order valence-electron chi connectivity index (χ2n) is 9.42. The van der Waals surface area contributed by atoms with Crippen LogP contribution in [0.5, 0.6) is 0 Å². The van der Waals surface area contributed by atoms with Crippen molar-refractivity contribution in [2.45, 2.75) is 90.4 Å². The molecule has 1 aliphatic rings. The number of nitrogens with zero attached hydrogens (tertiary/aromatic N) is 1. The summed E-state index contributed by atoms with van der Waals surface area (Å²) in [6, 6.07) is -0.230. The summed E-state index contributed by atoms with van der Waals surface area (Å²) in [5.41, 5.74) is -0.571. The molecular weight excluding hydrogens is 338 g/mol. The molecule has 0 saturated carbocycles. The van der Waals surface area contributed by atoms with Gasteiger partial charge in [0.05, 0.1) is 38.0 Å². The van der Waals surface area contributed by atoms with E-state index in [2.05, 4.69) is 33.9 Å². The molecule has 1 N–H and O–H groups in total. The number of carbonyl (C=O) groups is 1. The topological polar surface area (TPSA) is 68.2 Å². The summed E-state index contributed by atoms with van der Waals surface area (Å²) in [5.74, 6) is 0. The van der Waals surface area contributed by atoms with Crippen LogP contribution in [0.25, 0.3) is 0 Å². The SMILES string of the molecule is C[C@@H]1O[C@H](CO)CN(C(=O)OC(C)(C)C)[C@@H]1CO[Si](C)(C)C(C)(C)C. The van der Waals surface area contributed by atoms with Crippen molar-refractivity contribution in [3.8, 4) is 0 Å². The van der Waals surface area contributed by atoms with Crippen molar-refractivity contribution in [3.63, 3.8) is 0 Å². The van der Waals surface area contributed by atoms with Crippen molar-refractivity contribution in [3.05, 3.63) is 0 Å². The molecule has 0 aromatic carbocycles. The van der Waals surface area contributed by atoms with Gasteiger partial charge in [0.15, 0.2) is 8.32 Å². The quantitative estimate of drug-likeness (QED) is 0.763. The molecule has 1 aliphatic heterocycles. The van der Waals surface area contributed by atoms with E-state index in [4.69, 9.17) is 13.9 Å². The van der Waals surface area contributed by atoms with Crippen molar-refractivity contribution < 1.29 is 23.8 Å². The van der Waals surface area contributed by atoms with Gasteiger partial charge in [0.2, 0.25) is 0 Å². The van der Waals surface area contributed by atoms with E-state index in [0.717, 1.165) is 0 Å². The molecule has 0 bridgehead atoms. The molecule has 0 aromatic heterocycles. The molecule has 25 heavy (non-hydrogen) atoms. The minimum Gasteiger partial charge on any atom is -0.444 e. The maximum atomic E-state index is 12.7. The highest BCUT2D eigenvalue weighted by atomic mass is 28.4. The van der Waals surface area contributed by atoms with Crippen molar-refractivity contribution in [2.24, 2.45) is 0 Å². The van der Waals surface area contributed by atoms with Crippen LogP contribution in [-0.2, 0) is 13.9 Å². The highest BCUT2D eigenvalue weighted by Gasteiger charge is 2.42. The number of amides is 1. The Bertz CT molecular complexity index is 455. The van der Waals surface area contributed by atoms with Crippen LogP contribution in [0.4, 0.5) is 4.79 Å². The summed E-state index contributed by atoms with van der Waals surface area (Å²) in [6.07, 6.45) is -1.01. The third-order valence-corrected chi connectivity index (χ3v) is 9.50. The number of morpholine rings is 1. The molecular formula is C18H37NO5Si. The lowest BCUT2D eigenvalue weighted by molar-refractivity contribution is -0.131. The van der Waals surface area contributed by atoms with E-state index >= 15 is 0 Å². The number of ether oxygens (including phenoxy) is 2. The van der Waals surface area contributed by atoms with Gasteiger partial charge in [-0.05, 0) is 45.8 Å². The Balaban J connectivity index is 2.93. The summed E-state index contributed by atoms with van der Waals surface area (Å²) < 4.78 is 17.7. The summed E-state index contributed by atoms with van der Waals surface area (Å²) in [7, 11) is -1.94. The summed E-state index contributed by atoms with van der Waals surface area (Å²) in [5, 5.41) is 9.56. The highest BCUT2D eigenvalue weighted by Crippen LogP contribution is 2.37. The van der Waals surface area contributed by atoms with Crippen LogP contribution < -0.4 is 0 Å². The third-order valence-electron chi connectivity index (χ3n) is 5.00. The Kier molecular flexibility index (Phi) is 7.12. The molecule has 1 rings (SSSR count). The lowest BCUT2D eigenvalue weighted by Crippen LogP contribution is -2.60. The fourth-order valence-electron chi connectivity index (χ4n) is 2.41. The lowest BCUT2D eigenvalue weighted by atomic mass is 10.1. The van der Waals surface area contributed by atoms with Crippen molar-refractivity contribution in [1.82, 2.24) is 4.90 Å². The molecule has 0 aliphatic carbocycles. The van der Waals surface area contributed by atoms with Gasteiger partial charge >= 0.3 is 6.09 Å². The fourth-order valence-corrected chi connectivity index (χ4v) is 3.43. The van der Waals surface area contributed by atoms with Crippen LogP contribution in [0.2, 0.25) is 18.1 Å². The smallest absolute Gasteiger partial charge is 0.410 e. The van der Waals surface area contributed by atoms with Crippen molar-refractivity contribution >= 4 is 14.4 Å². The zero-order valence-corrected chi connectivity index (χ0v) is 18.4. The molecule has 3 atom stereocenters. The van der Waals surface area contributed by atoms with Gasteiger partial charge in [-0.15, -0.1) is 0 Å². The van der Waals surface area contributed by atoms with Gasteiger partial charge in [-0.2, -0.15) is 0 Å². The summed E-state index contributed by atoms with van der Waals surface area (Å²) >= 11 is 0. The van der Waals surface area contributed by atoms with E-state index < -0.39 is 20.0 Å². The Morgan fingerprint density at radius 3 is 2.24 bits per heavy atom. The zero-order valence-electron chi connectivity index (χ0n) is 17.4. The second-order valence-corrected chi connectivity index (χ2v) is 14.2. The Hall–Kier alpha value is -0.633. The largest absolute Gasteiger partial charge is 0.444 e. The molecule has 0 aromatic rings. The predicted molar refractivity (Wildman–Crippen MR) is 101 cm³/mol. The average Bonchev–Trinajstić information content (AvgIpc) is 2.42. The van der Waals surface area contributed by atoms with Gasteiger partial charge in [0.1, 0.15) is 5.60 Å². The van der Waals surface area contributed by atoms with E-state index in [-0.39, 0.29) is 29.9 Å². The first-order valence-electron chi connectivity index (χ1n) is 9.08. The minimum absolute atomic E-state index is 0.0934. The molecule has 1 saturated heterocycles. The van der Waals surface area contributed by atoms with Crippen molar-refractivity contribution in [1.29, 1.82) is 0 Å². The summed E-state index contributed by atoms with van der Waals surface area (Å²) in [6.45, 7) is 19.0. The lowest BCUT2D eigenvalue weighted by Gasteiger charge is -2.45. The number of aliphatic hydroxyl groups excluding tert-OH is 1. The normalized spacial score (nSPS) is 25.8. The third kappa shape index (κ3) is 6.23. The molecule has 148 valence electrons. The van der Waals surface area contributed by atoms with Crippen LogP contribution >= 0.6 is 0 Å². The Morgan fingerprint density at radius 2 is 1.80 bits per heavy atom. The molecule has 1 fully saturated rings. The van der Waals surface area contributed by atoms with E-state index in [1.165, 1.54) is 0 Å². The average molecular weight is 376 g/mol. The molecule has 6 nitrogen and oxygen atoms in total. The van der Waals surface area contributed by atoms with E-state index in [1.54, 1.807) is 4.90 Å². The molecule has 0 spiro atoms. The second kappa shape index (κ2) is 7.94. The first kappa shape index (κ1) is 22.4. The van der Waals surface area contributed by atoms with Gasteiger partial charge in [-0.25, -0.2) is 4.79 Å². The van der Waals surface area contributed by atoms with Gasteiger partial charge in [-0.1, -0.05) is 20.8 Å². The Labute approximate surface area is 153 Å². The van der Waals surface area contributed by atoms with Gasteiger partial charge in [-0.3, -0.25) is 4.90 Å². The highest BCUT2D eigenvalue weighted by molar-refractivity contribution is 6.74. The monoisotopic (exact) mass is 375 g/mol. The fraction of sp³-hybridized carbons (Fsp3) is 0.944. The zero-order chi connectivity index (χ0) is 19.6. The molecule has 1 amide bonds. The molecule has 7 heteroatoms. The van der Waals surface area contributed by atoms with Crippen LogP contribution in [-0.4, -0.2) is 68.0 Å². The summed E-state index contributed by atoms with van der Waals surface area (Å²) in [4.78, 5) is 14.3. The molecule has 1 heterocycles. The van der Waals surface area contributed by atoms with Crippen LogP contribution in [0, 0.1) is 0 Å². The van der Waals surface area contributed by atoms with Gasteiger partial charge in [0.25, 0.3) is 0 Å². The van der Waals surface area contributed by atoms with E-state index in [1.807, 2.05) is 27.7 Å². The van der Waals surface area contributed by atoms with Gasteiger partial charge in [0, 0.05) is 0 Å². The Morgan fingerprint density at radius 1 is 1.24 bits per heavy atom. The predicted octanol–water partition coefficient (Wildman–Crippen LogP) is 3.39. The maximum Gasteiger partial charge on any atom is 0.410 e. The number of aliphatic hydroxyl groups is 1. The number of hydrogen-bond donors (Lipinski definition) is 1. The van der Waals surface area contributed by atoms with Crippen molar-refractivity contribution in [2.75, 3.05) is 19.8 Å². The first-order chi connectivity index (χ1) is 11.2. The number of carbonyl (C=O) groups excluding carboxylic acids is 1. The standard InChI is InChI=1S/C18H37NO5Si/c1-13-15(12-22-25(8,9)18(5,6)7)19(10-14(11-20)23-13)16(21)24-17(2,3)4/h13-15,20H,10-12H2,1-9H3/t13-,14-,15+/m0/s1. The van der Waals surface area contributed by atoms with Crippen LogP contribution in [0.3, 0.4) is 0 Å². The van der Waals surface area contributed by atoms with E-state index in [0.29, 0.717) is 13.2 Å². The van der Waals surface area contributed by atoms with Crippen LogP contribution in [0.15, 0.2) is 0 Å². The number of hydrogen-bond acceptors (Lipinski definition) is 5. The molecule has 0 radical (unpaired) electrons. The van der Waals surface area contributed by atoms with Crippen LogP contribution in [0.1, 0.15) is 48.5 Å². The number of rotatable bonds is 4. The first-order valence-corrected chi connectivity index (χ1v) is 12.0. The van der Waals surface area contributed by atoms with Gasteiger partial charge < -0.3 is 19.0 Å². The molecule has 0 unspecified atom stereocenters. The maximum absolute atomic E-state index is 12.7. The minimum atomic E-state index is -1.94. The van der Waals surface area contributed by atoms with E-state index in [9.17, 15) is 9.90 Å².